The number of carbonyl (C=O) groups excluding carboxylic acids is 1. The number of benzene rings is 1. The average molecular weight is 274 g/mol. The van der Waals surface area contributed by atoms with Crippen molar-refractivity contribution in [1.29, 1.82) is 0 Å². The Balaban J connectivity index is 1.81. The molecular formula is C16H22N2O2. The molecule has 4 nitrogen and oxygen atoms in total. The van der Waals surface area contributed by atoms with Crippen molar-refractivity contribution in [2.24, 2.45) is 0 Å². The van der Waals surface area contributed by atoms with Crippen LogP contribution >= 0.6 is 0 Å². The van der Waals surface area contributed by atoms with Gasteiger partial charge >= 0.3 is 0 Å². The van der Waals surface area contributed by atoms with E-state index in [2.05, 4.69) is 5.32 Å². The molecule has 4 heteroatoms. The zero-order valence-corrected chi connectivity index (χ0v) is 11.7. The van der Waals surface area contributed by atoms with Gasteiger partial charge in [-0.1, -0.05) is 31.0 Å². The van der Waals surface area contributed by atoms with Gasteiger partial charge in [-0.2, -0.15) is 0 Å². The number of aliphatic hydroxyl groups is 1. The fraction of sp³-hybridized carbons (Fsp3) is 0.562. The van der Waals surface area contributed by atoms with E-state index in [1.54, 1.807) is 0 Å². The van der Waals surface area contributed by atoms with E-state index in [9.17, 15) is 9.90 Å². The topological polar surface area (TPSA) is 52.6 Å². The SMILES string of the molecule is O=C(C1CNc2ccccc21)N1CCCCCC1CO. The minimum atomic E-state index is -0.0988. The van der Waals surface area contributed by atoms with Crippen molar-refractivity contribution in [2.45, 2.75) is 37.6 Å². The number of rotatable bonds is 2. The Bertz CT molecular complexity index is 489. The first-order valence-corrected chi connectivity index (χ1v) is 7.55. The molecule has 1 amide bonds. The maximum absolute atomic E-state index is 12.9. The Hall–Kier alpha value is -1.55. The second-order valence-electron chi connectivity index (χ2n) is 5.74. The third-order valence-electron chi connectivity index (χ3n) is 4.50. The molecule has 20 heavy (non-hydrogen) atoms. The van der Waals surface area contributed by atoms with Gasteiger partial charge in [-0.05, 0) is 24.5 Å². The highest BCUT2D eigenvalue weighted by molar-refractivity contribution is 5.88. The summed E-state index contributed by atoms with van der Waals surface area (Å²) in [4.78, 5) is 14.8. The Morgan fingerprint density at radius 2 is 2.15 bits per heavy atom. The summed E-state index contributed by atoms with van der Waals surface area (Å²) < 4.78 is 0. The van der Waals surface area contributed by atoms with Gasteiger partial charge in [-0.25, -0.2) is 0 Å². The average Bonchev–Trinajstić information content (AvgIpc) is 2.76. The molecule has 1 fully saturated rings. The number of nitrogens with one attached hydrogen (secondary N) is 1. The lowest BCUT2D eigenvalue weighted by atomic mass is 9.98. The maximum atomic E-state index is 12.9. The van der Waals surface area contributed by atoms with Crippen molar-refractivity contribution >= 4 is 11.6 Å². The largest absolute Gasteiger partial charge is 0.394 e. The highest BCUT2D eigenvalue weighted by atomic mass is 16.3. The molecule has 0 aliphatic carbocycles. The summed E-state index contributed by atoms with van der Waals surface area (Å²) in [7, 11) is 0. The van der Waals surface area contributed by atoms with Gasteiger partial charge in [0, 0.05) is 18.8 Å². The van der Waals surface area contributed by atoms with Crippen molar-refractivity contribution in [3.63, 3.8) is 0 Å². The highest BCUT2D eigenvalue weighted by Crippen LogP contribution is 2.33. The predicted octanol–water partition coefficient (Wildman–Crippen LogP) is 1.96. The summed E-state index contributed by atoms with van der Waals surface area (Å²) in [6, 6.07) is 8.02. The molecule has 2 aliphatic heterocycles. The van der Waals surface area contributed by atoms with Crippen LogP contribution < -0.4 is 5.32 Å². The Morgan fingerprint density at radius 1 is 1.30 bits per heavy atom. The van der Waals surface area contributed by atoms with Crippen LogP contribution in [-0.4, -0.2) is 41.7 Å². The van der Waals surface area contributed by atoms with Gasteiger partial charge in [0.1, 0.15) is 0 Å². The molecule has 0 radical (unpaired) electrons. The fourth-order valence-electron chi connectivity index (χ4n) is 3.36. The van der Waals surface area contributed by atoms with Crippen LogP contribution in [0.3, 0.4) is 0 Å². The van der Waals surface area contributed by atoms with Crippen molar-refractivity contribution in [1.82, 2.24) is 4.90 Å². The number of hydrogen-bond acceptors (Lipinski definition) is 3. The van der Waals surface area contributed by atoms with Crippen molar-refractivity contribution in [2.75, 3.05) is 25.0 Å². The summed E-state index contributed by atoms with van der Waals surface area (Å²) in [5.41, 5.74) is 2.17. The number of fused-ring (bicyclic) bond motifs is 1. The highest BCUT2D eigenvalue weighted by Gasteiger charge is 2.34. The summed E-state index contributed by atoms with van der Waals surface area (Å²) in [6.45, 7) is 1.53. The molecule has 2 atom stereocenters. The summed E-state index contributed by atoms with van der Waals surface area (Å²) >= 11 is 0. The predicted molar refractivity (Wildman–Crippen MR) is 78.7 cm³/mol. The number of para-hydroxylation sites is 1. The van der Waals surface area contributed by atoms with Crippen LogP contribution in [0.2, 0.25) is 0 Å². The molecule has 1 aromatic carbocycles. The van der Waals surface area contributed by atoms with Crippen LogP contribution in [0, 0.1) is 0 Å². The van der Waals surface area contributed by atoms with E-state index in [1.165, 1.54) is 0 Å². The smallest absolute Gasteiger partial charge is 0.232 e. The number of amides is 1. The van der Waals surface area contributed by atoms with Crippen molar-refractivity contribution in [3.05, 3.63) is 29.8 Å². The molecule has 1 aromatic rings. The number of anilines is 1. The van der Waals surface area contributed by atoms with Gasteiger partial charge < -0.3 is 15.3 Å². The molecule has 2 heterocycles. The molecule has 2 N–H and O–H groups in total. The molecule has 2 unspecified atom stereocenters. The number of aliphatic hydroxyl groups excluding tert-OH is 1. The summed E-state index contributed by atoms with van der Waals surface area (Å²) in [5.74, 6) is 0.0711. The first-order valence-electron chi connectivity index (χ1n) is 7.55. The molecule has 1 saturated heterocycles. The van der Waals surface area contributed by atoms with Gasteiger partial charge in [0.15, 0.2) is 0 Å². The number of nitrogens with zero attached hydrogens (tertiary/aromatic N) is 1. The molecule has 2 aliphatic rings. The molecule has 0 bridgehead atoms. The second kappa shape index (κ2) is 5.83. The lowest BCUT2D eigenvalue weighted by Gasteiger charge is -2.31. The van der Waals surface area contributed by atoms with Crippen LogP contribution in [0.1, 0.15) is 37.2 Å². The first kappa shape index (κ1) is 13.4. The van der Waals surface area contributed by atoms with Crippen LogP contribution in [-0.2, 0) is 4.79 Å². The third kappa shape index (κ3) is 2.40. The van der Waals surface area contributed by atoms with E-state index in [1.807, 2.05) is 29.2 Å². The van der Waals surface area contributed by atoms with Gasteiger partial charge in [0.2, 0.25) is 5.91 Å². The minimum absolute atomic E-state index is 0.00207. The lowest BCUT2D eigenvalue weighted by molar-refractivity contribution is -0.135. The Kier molecular flexibility index (Phi) is 3.92. The molecule has 3 rings (SSSR count). The molecule has 0 spiro atoms. The molecule has 108 valence electrons. The van der Waals surface area contributed by atoms with E-state index in [-0.39, 0.29) is 24.5 Å². The standard InChI is InChI=1S/C16H22N2O2/c19-11-12-6-2-1-5-9-18(12)16(20)14-10-17-15-8-4-3-7-13(14)15/h3-4,7-8,12,14,17,19H,1-2,5-6,9-11H2. The molecule has 0 saturated carbocycles. The van der Waals surface area contributed by atoms with Crippen LogP contribution in [0.15, 0.2) is 24.3 Å². The summed E-state index contributed by atoms with van der Waals surface area (Å²) in [5, 5.41) is 12.9. The van der Waals surface area contributed by atoms with Gasteiger partial charge in [0.05, 0.1) is 18.6 Å². The Labute approximate surface area is 119 Å². The molecule has 0 aromatic heterocycles. The monoisotopic (exact) mass is 274 g/mol. The van der Waals surface area contributed by atoms with Crippen molar-refractivity contribution in [3.8, 4) is 0 Å². The number of hydrogen-bond donors (Lipinski definition) is 2. The second-order valence-corrected chi connectivity index (χ2v) is 5.74. The normalized spacial score (nSPS) is 25.8. The summed E-state index contributed by atoms with van der Waals surface area (Å²) in [6.07, 6.45) is 4.22. The minimum Gasteiger partial charge on any atom is -0.394 e. The fourth-order valence-corrected chi connectivity index (χ4v) is 3.36. The zero-order valence-electron chi connectivity index (χ0n) is 11.7. The quantitative estimate of drug-likeness (QED) is 0.867. The first-order chi connectivity index (χ1) is 9.81. The van der Waals surface area contributed by atoms with Crippen LogP contribution in [0.5, 0.6) is 0 Å². The molecular weight excluding hydrogens is 252 g/mol. The zero-order chi connectivity index (χ0) is 13.9. The third-order valence-corrected chi connectivity index (χ3v) is 4.50. The Morgan fingerprint density at radius 3 is 3.00 bits per heavy atom. The van der Waals surface area contributed by atoms with E-state index < -0.39 is 0 Å². The van der Waals surface area contributed by atoms with E-state index in [4.69, 9.17) is 0 Å². The van der Waals surface area contributed by atoms with Gasteiger partial charge in [0.25, 0.3) is 0 Å². The van der Waals surface area contributed by atoms with E-state index >= 15 is 0 Å². The van der Waals surface area contributed by atoms with E-state index in [0.29, 0.717) is 6.54 Å². The maximum Gasteiger partial charge on any atom is 0.232 e. The van der Waals surface area contributed by atoms with Gasteiger partial charge in [-0.15, -0.1) is 0 Å². The van der Waals surface area contributed by atoms with Crippen LogP contribution in [0.25, 0.3) is 0 Å². The number of carbonyl (C=O) groups is 1. The van der Waals surface area contributed by atoms with E-state index in [0.717, 1.165) is 43.5 Å². The van der Waals surface area contributed by atoms with Crippen molar-refractivity contribution < 1.29 is 9.90 Å². The number of likely N-dealkylation sites (tertiary alicyclic amines) is 1. The lowest BCUT2D eigenvalue weighted by Crippen LogP contribution is -2.44. The van der Waals surface area contributed by atoms with Crippen LogP contribution in [0.4, 0.5) is 5.69 Å². The van der Waals surface area contributed by atoms with Gasteiger partial charge in [-0.3, -0.25) is 4.79 Å².